The third-order valence-corrected chi connectivity index (χ3v) is 5.26. The molecule has 0 saturated carbocycles. The molecule has 0 aromatic heterocycles. The van der Waals surface area contributed by atoms with Crippen molar-refractivity contribution in [1.29, 1.82) is 0 Å². The second-order valence-electron chi connectivity index (χ2n) is 7.83. The summed E-state index contributed by atoms with van der Waals surface area (Å²) in [5.41, 5.74) is 3.29. The van der Waals surface area contributed by atoms with Crippen LogP contribution >= 0.6 is 0 Å². The van der Waals surface area contributed by atoms with Crippen LogP contribution in [0.1, 0.15) is 16.7 Å². The van der Waals surface area contributed by atoms with Crippen molar-refractivity contribution in [2.45, 2.75) is 20.4 Å². The summed E-state index contributed by atoms with van der Waals surface area (Å²) in [6, 6.07) is 12.7. The van der Waals surface area contributed by atoms with E-state index >= 15 is 0 Å². The summed E-state index contributed by atoms with van der Waals surface area (Å²) < 4.78 is 13.6. The zero-order chi connectivity index (χ0) is 21.5. The van der Waals surface area contributed by atoms with Crippen LogP contribution in [0.15, 0.2) is 42.5 Å². The number of nitrogens with one attached hydrogen (secondary N) is 2. The summed E-state index contributed by atoms with van der Waals surface area (Å²) in [5.74, 6) is -0.374. The zero-order valence-electron chi connectivity index (χ0n) is 17.6. The first-order valence-electron chi connectivity index (χ1n) is 10.2. The summed E-state index contributed by atoms with van der Waals surface area (Å²) in [5, 5.41) is 5.76. The van der Waals surface area contributed by atoms with Crippen molar-refractivity contribution in [2.75, 3.05) is 44.6 Å². The lowest BCUT2D eigenvalue weighted by molar-refractivity contribution is -0.123. The molecule has 1 saturated heterocycles. The molecule has 0 spiro atoms. The minimum absolute atomic E-state index is 0.0321. The average Bonchev–Trinajstić information content (AvgIpc) is 2.72. The standard InChI is InChI=1S/C23H29FN4O2/c1-17-3-7-20(8-4-17)26-23(30)16-28-11-9-27(10-12-28)15-22(29)25-14-19-6-5-18(2)21(24)13-19/h3-8,13H,9-12,14-16H2,1-2H3,(H,25,29)(H,26,30). The van der Waals surface area contributed by atoms with E-state index in [4.69, 9.17) is 0 Å². The van der Waals surface area contributed by atoms with E-state index in [0.717, 1.165) is 43.0 Å². The van der Waals surface area contributed by atoms with E-state index < -0.39 is 0 Å². The van der Waals surface area contributed by atoms with Gasteiger partial charge in [-0.05, 0) is 43.2 Å². The Morgan fingerprint density at radius 1 is 0.900 bits per heavy atom. The van der Waals surface area contributed by atoms with E-state index in [-0.39, 0.29) is 17.6 Å². The topological polar surface area (TPSA) is 64.7 Å². The maximum absolute atomic E-state index is 13.6. The van der Waals surface area contributed by atoms with Crippen LogP contribution in [-0.2, 0) is 16.1 Å². The molecule has 0 bridgehead atoms. The highest BCUT2D eigenvalue weighted by atomic mass is 19.1. The molecule has 1 fully saturated rings. The predicted octanol–water partition coefficient (Wildman–Crippen LogP) is 2.32. The van der Waals surface area contributed by atoms with Crippen LogP contribution < -0.4 is 10.6 Å². The van der Waals surface area contributed by atoms with Crippen LogP contribution in [0.2, 0.25) is 0 Å². The van der Waals surface area contributed by atoms with E-state index in [2.05, 4.69) is 20.4 Å². The molecular formula is C23H29FN4O2. The lowest BCUT2D eigenvalue weighted by Gasteiger charge is -2.33. The number of aryl methyl sites for hydroxylation is 2. The summed E-state index contributed by atoms with van der Waals surface area (Å²) in [6.45, 7) is 7.60. The molecule has 6 nitrogen and oxygen atoms in total. The Hall–Kier alpha value is -2.77. The highest BCUT2D eigenvalue weighted by molar-refractivity contribution is 5.92. The Kier molecular flexibility index (Phi) is 7.54. The van der Waals surface area contributed by atoms with Gasteiger partial charge in [0.2, 0.25) is 11.8 Å². The fourth-order valence-electron chi connectivity index (χ4n) is 3.35. The lowest BCUT2D eigenvalue weighted by atomic mass is 10.1. The Bertz CT molecular complexity index is 877. The molecule has 2 aromatic carbocycles. The number of carbonyl (C=O) groups excluding carboxylic acids is 2. The van der Waals surface area contributed by atoms with Crippen molar-refractivity contribution in [3.05, 3.63) is 65.0 Å². The van der Waals surface area contributed by atoms with E-state index in [9.17, 15) is 14.0 Å². The largest absolute Gasteiger partial charge is 0.351 e. The smallest absolute Gasteiger partial charge is 0.238 e. The zero-order valence-corrected chi connectivity index (χ0v) is 17.6. The second kappa shape index (κ2) is 10.3. The van der Waals surface area contributed by atoms with E-state index in [1.54, 1.807) is 13.0 Å². The number of carbonyl (C=O) groups is 2. The van der Waals surface area contributed by atoms with Gasteiger partial charge in [-0.2, -0.15) is 0 Å². The second-order valence-corrected chi connectivity index (χ2v) is 7.83. The summed E-state index contributed by atoms with van der Waals surface area (Å²) in [7, 11) is 0. The molecule has 0 unspecified atom stereocenters. The lowest BCUT2D eigenvalue weighted by Crippen LogP contribution is -2.50. The molecule has 30 heavy (non-hydrogen) atoms. The molecule has 1 heterocycles. The number of halogens is 1. The van der Waals surface area contributed by atoms with Crippen LogP contribution in [-0.4, -0.2) is 60.9 Å². The highest BCUT2D eigenvalue weighted by Crippen LogP contribution is 2.10. The van der Waals surface area contributed by atoms with Crippen molar-refractivity contribution in [3.8, 4) is 0 Å². The first-order valence-corrected chi connectivity index (χ1v) is 10.2. The van der Waals surface area contributed by atoms with E-state index in [1.165, 1.54) is 6.07 Å². The SMILES string of the molecule is Cc1ccc(NC(=O)CN2CCN(CC(=O)NCc3ccc(C)c(F)c3)CC2)cc1. The Labute approximate surface area is 177 Å². The summed E-state index contributed by atoms with van der Waals surface area (Å²) in [4.78, 5) is 28.6. The van der Waals surface area contributed by atoms with E-state index in [0.29, 0.717) is 25.2 Å². The van der Waals surface area contributed by atoms with Crippen molar-refractivity contribution < 1.29 is 14.0 Å². The fourth-order valence-corrected chi connectivity index (χ4v) is 3.35. The molecule has 2 aromatic rings. The molecule has 0 aliphatic carbocycles. The molecule has 2 N–H and O–H groups in total. The number of rotatable bonds is 7. The molecule has 160 valence electrons. The number of anilines is 1. The number of piperazine rings is 1. The summed E-state index contributed by atoms with van der Waals surface area (Å²) in [6.07, 6.45) is 0. The van der Waals surface area contributed by atoms with Crippen molar-refractivity contribution in [1.82, 2.24) is 15.1 Å². The molecule has 0 atom stereocenters. The average molecular weight is 413 g/mol. The normalized spacial score (nSPS) is 15.0. The van der Waals surface area contributed by atoms with Gasteiger partial charge in [0.15, 0.2) is 0 Å². The van der Waals surface area contributed by atoms with Crippen molar-refractivity contribution in [3.63, 3.8) is 0 Å². The minimum atomic E-state index is -0.260. The molecule has 1 aliphatic heterocycles. The van der Waals surface area contributed by atoms with Crippen LogP contribution in [0.4, 0.5) is 10.1 Å². The van der Waals surface area contributed by atoms with Gasteiger partial charge in [-0.1, -0.05) is 29.8 Å². The summed E-state index contributed by atoms with van der Waals surface area (Å²) >= 11 is 0. The third kappa shape index (κ3) is 6.64. The number of hydrogen-bond acceptors (Lipinski definition) is 4. The monoisotopic (exact) mass is 412 g/mol. The maximum atomic E-state index is 13.6. The number of amides is 2. The Balaban J connectivity index is 1.35. The number of nitrogens with zero attached hydrogens (tertiary/aromatic N) is 2. The molecule has 0 radical (unpaired) electrons. The van der Waals surface area contributed by atoms with Crippen LogP contribution in [0.5, 0.6) is 0 Å². The van der Waals surface area contributed by atoms with Gasteiger partial charge < -0.3 is 10.6 Å². The van der Waals surface area contributed by atoms with Gasteiger partial charge >= 0.3 is 0 Å². The fraction of sp³-hybridized carbons (Fsp3) is 0.391. The Morgan fingerprint density at radius 3 is 2.10 bits per heavy atom. The molecule has 3 rings (SSSR count). The maximum Gasteiger partial charge on any atom is 0.238 e. The number of hydrogen-bond donors (Lipinski definition) is 2. The third-order valence-electron chi connectivity index (χ3n) is 5.26. The van der Waals surface area contributed by atoms with Crippen LogP contribution in [0.3, 0.4) is 0 Å². The minimum Gasteiger partial charge on any atom is -0.351 e. The van der Waals surface area contributed by atoms with Crippen LogP contribution in [0.25, 0.3) is 0 Å². The van der Waals surface area contributed by atoms with Gasteiger partial charge in [-0.3, -0.25) is 19.4 Å². The van der Waals surface area contributed by atoms with Crippen molar-refractivity contribution >= 4 is 17.5 Å². The predicted molar refractivity (Wildman–Crippen MR) is 116 cm³/mol. The first kappa shape index (κ1) is 21.9. The first-order chi connectivity index (χ1) is 14.4. The quantitative estimate of drug-likeness (QED) is 0.733. The van der Waals surface area contributed by atoms with Gasteiger partial charge in [0.25, 0.3) is 0 Å². The van der Waals surface area contributed by atoms with Gasteiger partial charge in [-0.15, -0.1) is 0 Å². The molecule has 2 amide bonds. The van der Waals surface area contributed by atoms with Crippen LogP contribution in [0, 0.1) is 19.7 Å². The van der Waals surface area contributed by atoms with Crippen molar-refractivity contribution in [2.24, 2.45) is 0 Å². The Morgan fingerprint density at radius 2 is 1.50 bits per heavy atom. The molecule has 1 aliphatic rings. The molecule has 7 heteroatoms. The van der Waals surface area contributed by atoms with Gasteiger partial charge in [0.05, 0.1) is 13.1 Å². The van der Waals surface area contributed by atoms with E-state index in [1.807, 2.05) is 37.3 Å². The molecular weight excluding hydrogens is 383 g/mol. The highest BCUT2D eigenvalue weighted by Gasteiger charge is 2.20. The van der Waals surface area contributed by atoms with Gasteiger partial charge in [0, 0.05) is 38.4 Å². The number of benzene rings is 2. The van der Waals surface area contributed by atoms with Gasteiger partial charge in [0.1, 0.15) is 5.82 Å². The van der Waals surface area contributed by atoms with Gasteiger partial charge in [-0.25, -0.2) is 4.39 Å².